The summed E-state index contributed by atoms with van der Waals surface area (Å²) in [6, 6.07) is 10.4. The number of rotatable bonds is 3. The Morgan fingerprint density at radius 2 is 2.12 bits per heavy atom. The number of benzene rings is 1. The van der Waals surface area contributed by atoms with Gasteiger partial charge in [-0.25, -0.2) is 0 Å². The van der Waals surface area contributed by atoms with Crippen LogP contribution in [-0.2, 0) is 0 Å². The molecule has 128 valence electrons. The number of fused-ring (bicyclic) bond motifs is 4. The molecule has 0 saturated carbocycles. The highest BCUT2D eigenvalue weighted by atomic mass is 127. The molecule has 0 aliphatic carbocycles. The van der Waals surface area contributed by atoms with Crippen molar-refractivity contribution in [2.45, 2.75) is 25.0 Å². The first-order valence-corrected chi connectivity index (χ1v) is 8.61. The van der Waals surface area contributed by atoms with Crippen molar-refractivity contribution in [2.75, 3.05) is 20.1 Å². The standard InChI is InChI=1S/C20H25N2O.HI/c1-3-14-13-22(2)11-9-15(14)12-19(22)20(23)17-8-10-21-18-7-5-4-6-16(17)18;/h3-8,10,14-15,19-20,23H,1,9,11-13H2,2H3;1H/q+1;/p-1/t14?,15?,19-,20-,22?;/m0./s1. The average Bonchev–Trinajstić information content (AvgIpc) is 2.60. The first-order valence-electron chi connectivity index (χ1n) is 8.61. The SMILES string of the molecule is C=CC1C[N+]2(C)CCC1C[C@H]2[C@@H](O)c1ccnc2ccccc12.[I-]. The zero-order valence-corrected chi connectivity index (χ0v) is 16.3. The third kappa shape index (κ3) is 2.78. The molecule has 0 radical (unpaired) electrons. The van der Waals surface area contributed by atoms with Gasteiger partial charge in [-0.2, -0.15) is 0 Å². The van der Waals surface area contributed by atoms with Gasteiger partial charge in [0.2, 0.25) is 0 Å². The smallest absolute Gasteiger partial charge is 0.131 e. The lowest BCUT2D eigenvalue weighted by molar-refractivity contribution is -0.956. The maximum absolute atomic E-state index is 11.2. The Morgan fingerprint density at radius 1 is 1.33 bits per heavy atom. The molecule has 1 N–H and O–H groups in total. The summed E-state index contributed by atoms with van der Waals surface area (Å²) < 4.78 is 0.963. The summed E-state index contributed by atoms with van der Waals surface area (Å²) >= 11 is 0. The van der Waals surface area contributed by atoms with Crippen LogP contribution in [0.3, 0.4) is 0 Å². The number of piperidine rings is 3. The fourth-order valence-electron chi connectivity index (χ4n) is 4.88. The Hall–Kier alpha value is -0.980. The van der Waals surface area contributed by atoms with Crippen LogP contribution in [0.5, 0.6) is 0 Å². The van der Waals surface area contributed by atoms with Gasteiger partial charge in [0.25, 0.3) is 0 Å². The van der Waals surface area contributed by atoms with Gasteiger partial charge in [0.05, 0.1) is 25.7 Å². The number of hydrogen-bond donors (Lipinski definition) is 1. The Labute approximate surface area is 161 Å². The number of halogens is 1. The van der Waals surface area contributed by atoms with E-state index in [1.165, 1.54) is 13.0 Å². The molecule has 4 heterocycles. The van der Waals surface area contributed by atoms with E-state index in [1.54, 1.807) is 0 Å². The Balaban J connectivity index is 0.00000169. The monoisotopic (exact) mass is 436 g/mol. The Bertz CT molecular complexity index is 744. The van der Waals surface area contributed by atoms with Gasteiger partial charge in [-0.1, -0.05) is 24.3 Å². The fourth-order valence-corrected chi connectivity index (χ4v) is 4.88. The molecule has 3 saturated heterocycles. The molecule has 0 spiro atoms. The quantitative estimate of drug-likeness (QED) is 0.427. The number of quaternary nitrogens is 1. The normalized spacial score (nSPS) is 33.0. The van der Waals surface area contributed by atoms with Crippen LogP contribution in [0.1, 0.15) is 24.5 Å². The van der Waals surface area contributed by atoms with Gasteiger partial charge in [0.15, 0.2) is 0 Å². The topological polar surface area (TPSA) is 33.1 Å². The first kappa shape index (κ1) is 17.8. The predicted molar refractivity (Wildman–Crippen MR) is 92.8 cm³/mol. The van der Waals surface area contributed by atoms with Crippen molar-refractivity contribution in [3.63, 3.8) is 0 Å². The Kier molecular flexibility index (Phi) is 5.00. The van der Waals surface area contributed by atoms with Crippen LogP contribution in [0.15, 0.2) is 49.2 Å². The second-order valence-electron chi connectivity index (χ2n) is 7.50. The second kappa shape index (κ2) is 6.73. The molecule has 3 unspecified atom stereocenters. The van der Waals surface area contributed by atoms with Crippen molar-refractivity contribution >= 4 is 10.9 Å². The zero-order valence-electron chi connectivity index (χ0n) is 14.1. The van der Waals surface area contributed by atoms with Crippen molar-refractivity contribution < 1.29 is 33.6 Å². The Morgan fingerprint density at radius 3 is 2.88 bits per heavy atom. The van der Waals surface area contributed by atoms with Gasteiger partial charge in [0, 0.05) is 30.3 Å². The van der Waals surface area contributed by atoms with Crippen molar-refractivity contribution in [1.29, 1.82) is 0 Å². The van der Waals surface area contributed by atoms with E-state index in [1.807, 2.05) is 30.5 Å². The van der Waals surface area contributed by atoms with Crippen LogP contribution < -0.4 is 24.0 Å². The lowest BCUT2D eigenvalue weighted by Gasteiger charge is -2.56. The summed E-state index contributed by atoms with van der Waals surface area (Å²) in [5.41, 5.74) is 1.99. The van der Waals surface area contributed by atoms with Gasteiger partial charge < -0.3 is 33.6 Å². The molecule has 5 rings (SSSR count). The molecule has 2 aromatic rings. The molecule has 2 bridgehead atoms. The van der Waals surface area contributed by atoms with Crippen molar-refractivity contribution in [3.8, 4) is 0 Å². The maximum atomic E-state index is 11.2. The number of likely N-dealkylation sites (N-methyl/N-ethyl adjacent to an activating group) is 1. The van der Waals surface area contributed by atoms with Crippen LogP contribution in [0.2, 0.25) is 0 Å². The van der Waals surface area contributed by atoms with E-state index < -0.39 is 6.10 Å². The van der Waals surface area contributed by atoms with Gasteiger partial charge >= 0.3 is 0 Å². The van der Waals surface area contributed by atoms with Crippen molar-refractivity contribution in [3.05, 3.63) is 54.7 Å². The molecule has 5 atom stereocenters. The number of aliphatic hydroxyl groups excluding tert-OH is 1. The zero-order chi connectivity index (χ0) is 16.0. The van der Waals surface area contributed by atoms with Gasteiger partial charge in [-0.15, -0.1) is 6.58 Å². The summed E-state index contributed by atoms with van der Waals surface area (Å²) in [7, 11) is 2.31. The van der Waals surface area contributed by atoms with Crippen LogP contribution >= 0.6 is 0 Å². The molecule has 3 fully saturated rings. The van der Waals surface area contributed by atoms with Gasteiger partial charge in [-0.05, 0) is 23.6 Å². The third-order valence-electron chi connectivity index (χ3n) is 6.26. The van der Waals surface area contributed by atoms with E-state index in [0.717, 1.165) is 33.9 Å². The highest BCUT2D eigenvalue weighted by Crippen LogP contribution is 2.45. The van der Waals surface area contributed by atoms with Crippen molar-refractivity contribution in [2.24, 2.45) is 11.8 Å². The van der Waals surface area contributed by atoms with E-state index in [4.69, 9.17) is 0 Å². The molecular weight excluding hydrogens is 411 g/mol. The van der Waals surface area contributed by atoms with Gasteiger partial charge in [0.1, 0.15) is 12.1 Å². The summed E-state index contributed by atoms with van der Waals surface area (Å²) in [6.45, 7) is 6.30. The number of nitrogens with zero attached hydrogens (tertiary/aromatic N) is 2. The number of aromatic nitrogens is 1. The molecule has 1 aromatic carbocycles. The number of para-hydroxylation sites is 1. The minimum atomic E-state index is -0.429. The molecule has 3 aliphatic rings. The van der Waals surface area contributed by atoms with Crippen LogP contribution in [0.4, 0.5) is 0 Å². The van der Waals surface area contributed by atoms with E-state index >= 15 is 0 Å². The molecular formula is C20H25IN2O. The summed E-state index contributed by atoms with van der Waals surface area (Å²) in [6.07, 6.45) is 5.87. The van der Waals surface area contributed by atoms with Crippen molar-refractivity contribution in [1.82, 2.24) is 4.98 Å². The number of aliphatic hydroxyl groups is 1. The molecule has 4 heteroatoms. The van der Waals surface area contributed by atoms with E-state index in [-0.39, 0.29) is 30.0 Å². The van der Waals surface area contributed by atoms with Crippen LogP contribution in [0.25, 0.3) is 10.9 Å². The lowest BCUT2D eigenvalue weighted by atomic mass is 9.72. The predicted octanol–water partition coefficient (Wildman–Crippen LogP) is 0.313. The highest BCUT2D eigenvalue weighted by molar-refractivity contribution is 5.82. The lowest BCUT2D eigenvalue weighted by Crippen LogP contribution is -3.00. The number of hydrogen-bond acceptors (Lipinski definition) is 2. The van der Waals surface area contributed by atoms with E-state index in [2.05, 4.69) is 30.8 Å². The summed E-state index contributed by atoms with van der Waals surface area (Å²) in [5.74, 6) is 1.28. The van der Waals surface area contributed by atoms with E-state index in [0.29, 0.717) is 11.8 Å². The molecule has 0 amide bonds. The average molecular weight is 436 g/mol. The fraction of sp³-hybridized carbons (Fsp3) is 0.450. The highest BCUT2D eigenvalue weighted by Gasteiger charge is 2.51. The van der Waals surface area contributed by atoms with Gasteiger partial charge in [-0.3, -0.25) is 4.98 Å². The molecule has 1 aromatic heterocycles. The maximum Gasteiger partial charge on any atom is 0.131 e. The molecule has 24 heavy (non-hydrogen) atoms. The second-order valence-corrected chi connectivity index (χ2v) is 7.50. The molecule has 3 aliphatic heterocycles. The van der Waals surface area contributed by atoms with Crippen LogP contribution in [-0.4, -0.2) is 40.8 Å². The number of pyridine rings is 1. The molecule has 3 nitrogen and oxygen atoms in total. The minimum absolute atomic E-state index is 0. The summed E-state index contributed by atoms with van der Waals surface area (Å²) in [5, 5.41) is 12.3. The largest absolute Gasteiger partial charge is 1.00 e. The van der Waals surface area contributed by atoms with E-state index in [9.17, 15) is 5.11 Å². The first-order chi connectivity index (χ1) is 11.1. The third-order valence-corrected chi connectivity index (χ3v) is 6.26. The minimum Gasteiger partial charge on any atom is -1.00 e. The summed E-state index contributed by atoms with van der Waals surface area (Å²) in [4.78, 5) is 4.43. The van der Waals surface area contributed by atoms with Crippen LogP contribution in [0, 0.1) is 11.8 Å².